The molecule has 2 aromatic heterocycles. The van der Waals surface area contributed by atoms with E-state index in [1.165, 1.54) is 18.3 Å². The van der Waals surface area contributed by atoms with Gasteiger partial charge in [0.1, 0.15) is 17.8 Å². The molecule has 1 saturated heterocycles. The lowest BCUT2D eigenvalue weighted by atomic mass is 10.1. The molecule has 0 atom stereocenters. The van der Waals surface area contributed by atoms with E-state index in [1.54, 1.807) is 0 Å². The Morgan fingerprint density at radius 3 is 2.78 bits per heavy atom. The highest BCUT2D eigenvalue weighted by Gasteiger charge is 2.34. The van der Waals surface area contributed by atoms with Crippen LogP contribution in [-0.2, 0) is 0 Å². The average Bonchev–Trinajstić information content (AvgIpc) is 3.13. The molecule has 3 aromatic rings. The molecule has 0 amide bonds. The lowest BCUT2D eigenvalue weighted by Crippen LogP contribution is -2.39. The Morgan fingerprint density at radius 1 is 1.19 bits per heavy atom. The minimum atomic E-state index is -2.57. The summed E-state index contributed by atoms with van der Waals surface area (Å²) >= 11 is 1.49. The van der Waals surface area contributed by atoms with Crippen LogP contribution >= 0.6 is 11.9 Å². The van der Waals surface area contributed by atoms with E-state index in [4.69, 9.17) is 0 Å². The van der Waals surface area contributed by atoms with Gasteiger partial charge in [0, 0.05) is 37.0 Å². The second-order valence-corrected chi connectivity index (χ2v) is 7.50. The fourth-order valence-corrected chi connectivity index (χ4v) is 3.80. The van der Waals surface area contributed by atoms with Crippen LogP contribution in [0.15, 0.2) is 41.7 Å². The van der Waals surface area contributed by atoms with Gasteiger partial charge in [0.2, 0.25) is 0 Å². The summed E-state index contributed by atoms with van der Waals surface area (Å²) in [5.41, 5.74) is 2.47. The zero-order chi connectivity index (χ0) is 18.9. The number of fused-ring (bicyclic) bond motifs is 1. The van der Waals surface area contributed by atoms with Crippen LogP contribution < -0.4 is 14.9 Å². The maximum Gasteiger partial charge on any atom is 0.251 e. The third kappa shape index (κ3) is 3.84. The number of alkyl halides is 2. The highest BCUT2D eigenvalue weighted by Crippen LogP contribution is 2.37. The van der Waals surface area contributed by atoms with E-state index in [0.717, 1.165) is 27.3 Å². The van der Waals surface area contributed by atoms with Crippen molar-refractivity contribution in [2.45, 2.75) is 23.7 Å². The summed E-state index contributed by atoms with van der Waals surface area (Å²) < 4.78 is 30.2. The van der Waals surface area contributed by atoms with E-state index in [2.05, 4.69) is 25.0 Å². The summed E-state index contributed by atoms with van der Waals surface area (Å²) in [6, 6.07) is 7.87. The summed E-state index contributed by atoms with van der Waals surface area (Å²) in [6.45, 7) is 0.646. The van der Waals surface area contributed by atoms with Gasteiger partial charge in [-0.3, -0.25) is 4.72 Å². The van der Waals surface area contributed by atoms with E-state index in [1.807, 2.05) is 42.4 Å². The minimum absolute atomic E-state index is 0.130. The van der Waals surface area contributed by atoms with Crippen molar-refractivity contribution < 1.29 is 8.78 Å². The molecule has 142 valence electrons. The van der Waals surface area contributed by atoms with Crippen molar-refractivity contribution in [3.8, 4) is 0 Å². The number of benzene rings is 1. The van der Waals surface area contributed by atoms with Crippen LogP contribution in [0, 0.1) is 0 Å². The third-order valence-corrected chi connectivity index (χ3v) is 5.32. The maximum atomic E-state index is 13.6. The monoisotopic (exact) mass is 390 g/mol. The van der Waals surface area contributed by atoms with Gasteiger partial charge in [-0.15, -0.1) is 0 Å². The van der Waals surface area contributed by atoms with Crippen LogP contribution in [0.5, 0.6) is 0 Å². The number of piperidine rings is 1. The standard InChI is InChI=1S/C18H20F2N6S/c1-21-27-12-2-3-15(26-8-5-18(19,20)6-9-26)14(10-12)25-17-13-4-7-22-16(13)23-11-24-17/h2-4,7,10-11,21H,5-6,8-9H2,1H3,(H2,22,23,24,25). The average molecular weight is 390 g/mol. The van der Waals surface area contributed by atoms with Gasteiger partial charge in [0.15, 0.2) is 0 Å². The fourth-order valence-electron chi connectivity index (χ4n) is 3.25. The number of nitrogens with zero attached hydrogens (tertiary/aromatic N) is 3. The number of anilines is 3. The summed E-state index contributed by atoms with van der Waals surface area (Å²) in [4.78, 5) is 14.6. The van der Waals surface area contributed by atoms with Crippen molar-refractivity contribution >= 4 is 40.2 Å². The topological polar surface area (TPSA) is 68.9 Å². The lowest BCUT2D eigenvalue weighted by molar-refractivity contribution is -0.0220. The minimum Gasteiger partial charge on any atom is -0.369 e. The normalized spacial score (nSPS) is 16.6. The molecule has 27 heavy (non-hydrogen) atoms. The first-order valence-corrected chi connectivity index (χ1v) is 9.53. The lowest BCUT2D eigenvalue weighted by Gasteiger charge is -2.34. The van der Waals surface area contributed by atoms with Crippen LogP contribution in [0.4, 0.5) is 26.0 Å². The largest absolute Gasteiger partial charge is 0.369 e. The first kappa shape index (κ1) is 18.0. The van der Waals surface area contributed by atoms with E-state index in [9.17, 15) is 8.78 Å². The summed E-state index contributed by atoms with van der Waals surface area (Å²) in [7, 11) is 1.85. The Morgan fingerprint density at radius 2 is 2.00 bits per heavy atom. The van der Waals surface area contributed by atoms with Gasteiger partial charge in [0.05, 0.1) is 16.8 Å². The van der Waals surface area contributed by atoms with Gasteiger partial charge >= 0.3 is 0 Å². The van der Waals surface area contributed by atoms with Gasteiger partial charge in [-0.25, -0.2) is 18.7 Å². The molecule has 0 bridgehead atoms. The summed E-state index contributed by atoms with van der Waals surface area (Å²) in [5, 5.41) is 4.25. The number of H-pyrrole nitrogens is 1. The highest BCUT2D eigenvalue weighted by molar-refractivity contribution is 7.97. The Balaban J connectivity index is 1.69. The predicted octanol–water partition coefficient (Wildman–Crippen LogP) is 4.16. The van der Waals surface area contributed by atoms with Crippen LogP contribution in [-0.4, -0.2) is 41.0 Å². The van der Waals surface area contributed by atoms with Crippen LogP contribution in [0.25, 0.3) is 11.0 Å². The Bertz CT molecular complexity index is 935. The number of hydrogen-bond donors (Lipinski definition) is 3. The van der Waals surface area contributed by atoms with E-state index >= 15 is 0 Å². The molecule has 0 aliphatic carbocycles. The van der Waals surface area contributed by atoms with E-state index < -0.39 is 5.92 Å². The van der Waals surface area contributed by atoms with Gasteiger partial charge in [-0.05, 0) is 43.3 Å². The Kier molecular flexibility index (Phi) is 4.88. The molecule has 1 fully saturated rings. The molecular formula is C18H20F2N6S. The smallest absolute Gasteiger partial charge is 0.251 e. The number of aromatic nitrogens is 3. The fraction of sp³-hybridized carbons (Fsp3) is 0.333. The van der Waals surface area contributed by atoms with Gasteiger partial charge < -0.3 is 15.2 Å². The number of hydrogen-bond acceptors (Lipinski definition) is 6. The SMILES string of the molecule is CNSc1ccc(N2CCC(F)(F)CC2)c(Nc2ncnc3[nH]ccc23)c1. The molecule has 1 aliphatic rings. The zero-order valence-electron chi connectivity index (χ0n) is 14.8. The molecule has 1 aromatic carbocycles. The van der Waals surface area contributed by atoms with Gasteiger partial charge in [-0.1, -0.05) is 0 Å². The first-order chi connectivity index (χ1) is 13.1. The van der Waals surface area contributed by atoms with Crippen molar-refractivity contribution in [2.75, 3.05) is 30.4 Å². The number of aromatic amines is 1. The molecule has 9 heteroatoms. The van der Waals surface area contributed by atoms with Crippen molar-refractivity contribution in [1.29, 1.82) is 0 Å². The Hall–Kier alpha value is -2.39. The van der Waals surface area contributed by atoms with Crippen molar-refractivity contribution in [2.24, 2.45) is 0 Å². The van der Waals surface area contributed by atoms with E-state index in [-0.39, 0.29) is 12.8 Å². The molecule has 3 N–H and O–H groups in total. The molecule has 6 nitrogen and oxygen atoms in total. The molecule has 3 heterocycles. The van der Waals surface area contributed by atoms with Gasteiger partial charge in [0.25, 0.3) is 5.92 Å². The van der Waals surface area contributed by atoms with E-state index in [0.29, 0.717) is 18.9 Å². The Labute approximate surface area is 159 Å². The van der Waals surface area contributed by atoms with Gasteiger partial charge in [-0.2, -0.15) is 0 Å². The first-order valence-electron chi connectivity index (χ1n) is 8.71. The molecular weight excluding hydrogens is 370 g/mol. The molecule has 4 rings (SSSR count). The third-order valence-electron chi connectivity index (χ3n) is 4.63. The second-order valence-electron chi connectivity index (χ2n) is 6.42. The van der Waals surface area contributed by atoms with Crippen LogP contribution in [0.2, 0.25) is 0 Å². The van der Waals surface area contributed by atoms with Crippen molar-refractivity contribution in [1.82, 2.24) is 19.7 Å². The molecule has 0 unspecified atom stereocenters. The number of nitrogens with one attached hydrogen (secondary N) is 3. The number of halogens is 2. The van der Waals surface area contributed by atoms with Crippen molar-refractivity contribution in [3.05, 3.63) is 36.8 Å². The summed E-state index contributed by atoms with van der Waals surface area (Å²) in [6.07, 6.45) is 3.05. The molecule has 0 spiro atoms. The van der Waals surface area contributed by atoms with Crippen LogP contribution in [0.1, 0.15) is 12.8 Å². The quantitative estimate of drug-likeness (QED) is 0.569. The number of rotatable bonds is 5. The summed E-state index contributed by atoms with van der Waals surface area (Å²) in [5.74, 6) is -1.90. The molecule has 1 aliphatic heterocycles. The zero-order valence-corrected chi connectivity index (χ0v) is 15.6. The van der Waals surface area contributed by atoms with Crippen LogP contribution in [0.3, 0.4) is 0 Å². The molecule has 0 saturated carbocycles. The highest BCUT2D eigenvalue weighted by atomic mass is 32.2. The second kappa shape index (κ2) is 7.32. The predicted molar refractivity (Wildman–Crippen MR) is 105 cm³/mol. The van der Waals surface area contributed by atoms with Crippen molar-refractivity contribution in [3.63, 3.8) is 0 Å². The molecule has 0 radical (unpaired) electrons. The maximum absolute atomic E-state index is 13.6.